The van der Waals surface area contributed by atoms with Gasteiger partial charge in [-0.3, -0.25) is 9.80 Å². The molecule has 0 bridgehead atoms. The fourth-order valence-corrected chi connectivity index (χ4v) is 3.62. The van der Waals surface area contributed by atoms with Crippen molar-refractivity contribution in [2.24, 2.45) is 5.92 Å². The van der Waals surface area contributed by atoms with Crippen molar-refractivity contribution in [1.29, 1.82) is 0 Å². The molecule has 3 rings (SSSR count). The van der Waals surface area contributed by atoms with Gasteiger partial charge in [0.05, 0.1) is 18.0 Å². The van der Waals surface area contributed by atoms with E-state index in [0.29, 0.717) is 6.42 Å². The quantitative estimate of drug-likeness (QED) is 0.789. The first-order chi connectivity index (χ1) is 9.77. The summed E-state index contributed by atoms with van der Waals surface area (Å²) in [6.45, 7) is 2.82. The first-order valence-corrected chi connectivity index (χ1v) is 7.36. The van der Waals surface area contributed by atoms with Gasteiger partial charge in [0.15, 0.2) is 0 Å². The molecule has 4 nitrogen and oxygen atoms in total. The number of hydrazine groups is 1. The van der Waals surface area contributed by atoms with Crippen LogP contribution in [0.4, 0.5) is 0 Å². The van der Waals surface area contributed by atoms with Crippen LogP contribution in [0.15, 0.2) is 30.3 Å². The zero-order valence-corrected chi connectivity index (χ0v) is 11.7. The summed E-state index contributed by atoms with van der Waals surface area (Å²) in [5, 5.41) is 3.97. The lowest BCUT2D eigenvalue weighted by atomic mass is 9.87. The van der Waals surface area contributed by atoms with Crippen LogP contribution < -0.4 is 0 Å². The standard InChI is InChI=1S/C16H20N2O2/c1-2-6-14-13(11-19)16(12-7-4-3-5-8-12)17-10-9-15(20)18(14)17/h3-5,7-8,11,13-14,16H,2,6,9-10H2,1H3/t13-,14-,16-/m0/s1. The zero-order chi connectivity index (χ0) is 14.1. The van der Waals surface area contributed by atoms with Gasteiger partial charge in [0.1, 0.15) is 6.29 Å². The van der Waals surface area contributed by atoms with E-state index >= 15 is 0 Å². The van der Waals surface area contributed by atoms with Gasteiger partial charge < -0.3 is 4.79 Å². The molecule has 2 heterocycles. The number of nitrogens with zero attached hydrogens (tertiary/aromatic N) is 2. The van der Waals surface area contributed by atoms with Crippen LogP contribution in [-0.2, 0) is 9.59 Å². The molecular weight excluding hydrogens is 252 g/mol. The molecule has 0 radical (unpaired) electrons. The Bertz CT molecular complexity index is 502. The predicted molar refractivity (Wildman–Crippen MR) is 75.6 cm³/mol. The average Bonchev–Trinajstić information content (AvgIpc) is 2.99. The largest absolute Gasteiger partial charge is 0.303 e. The van der Waals surface area contributed by atoms with E-state index in [-0.39, 0.29) is 23.9 Å². The van der Waals surface area contributed by atoms with Gasteiger partial charge in [-0.2, -0.15) is 0 Å². The highest BCUT2D eigenvalue weighted by Gasteiger charge is 2.52. The van der Waals surface area contributed by atoms with Crippen LogP contribution >= 0.6 is 0 Å². The molecule has 1 amide bonds. The third kappa shape index (κ3) is 1.95. The fraction of sp³-hybridized carbons (Fsp3) is 0.500. The van der Waals surface area contributed by atoms with Crippen molar-refractivity contribution >= 4 is 12.2 Å². The van der Waals surface area contributed by atoms with Gasteiger partial charge in [0, 0.05) is 13.0 Å². The molecule has 20 heavy (non-hydrogen) atoms. The van der Waals surface area contributed by atoms with Gasteiger partial charge in [0.2, 0.25) is 5.91 Å². The molecule has 0 saturated carbocycles. The van der Waals surface area contributed by atoms with E-state index in [9.17, 15) is 9.59 Å². The number of carbonyl (C=O) groups excluding carboxylic acids is 2. The van der Waals surface area contributed by atoms with Crippen LogP contribution in [0, 0.1) is 5.92 Å². The topological polar surface area (TPSA) is 40.6 Å². The number of hydrogen-bond donors (Lipinski definition) is 0. The van der Waals surface area contributed by atoms with E-state index in [0.717, 1.165) is 31.2 Å². The maximum Gasteiger partial charge on any atom is 0.238 e. The maximum atomic E-state index is 12.1. The van der Waals surface area contributed by atoms with Crippen molar-refractivity contribution in [2.45, 2.75) is 38.3 Å². The Morgan fingerprint density at radius 1 is 1.30 bits per heavy atom. The van der Waals surface area contributed by atoms with Crippen molar-refractivity contribution in [1.82, 2.24) is 10.0 Å². The third-order valence-electron chi connectivity index (χ3n) is 4.41. The second-order valence-corrected chi connectivity index (χ2v) is 5.58. The molecule has 4 heteroatoms. The summed E-state index contributed by atoms with van der Waals surface area (Å²) in [6.07, 6.45) is 3.47. The van der Waals surface area contributed by atoms with Crippen molar-refractivity contribution in [2.75, 3.05) is 6.54 Å². The monoisotopic (exact) mass is 272 g/mol. The van der Waals surface area contributed by atoms with E-state index in [1.807, 2.05) is 23.2 Å². The Hall–Kier alpha value is -1.68. The highest BCUT2D eigenvalue weighted by atomic mass is 16.2. The number of fused-ring (bicyclic) bond motifs is 1. The Labute approximate surface area is 119 Å². The van der Waals surface area contributed by atoms with Crippen molar-refractivity contribution in [3.8, 4) is 0 Å². The van der Waals surface area contributed by atoms with Crippen molar-refractivity contribution in [3.63, 3.8) is 0 Å². The normalized spacial score (nSPS) is 29.8. The minimum Gasteiger partial charge on any atom is -0.303 e. The lowest BCUT2D eigenvalue weighted by Gasteiger charge is -2.27. The highest BCUT2D eigenvalue weighted by molar-refractivity contribution is 5.79. The van der Waals surface area contributed by atoms with Gasteiger partial charge >= 0.3 is 0 Å². The van der Waals surface area contributed by atoms with Gasteiger partial charge in [-0.15, -0.1) is 0 Å². The lowest BCUT2D eigenvalue weighted by molar-refractivity contribution is -0.138. The first kappa shape index (κ1) is 13.3. The molecule has 0 aliphatic carbocycles. The van der Waals surface area contributed by atoms with Crippen molar-refractivity contribution < 1.29 is 9.59 Å². The van der Waals surface area contributed by atoms with Crippen LogP contribution in [0.5, 0.6) is 0 Å². The molecule has 0 unspecified atom stereocenters. The Morgan fingerprint density at radius 3 is 2.70 bits per heavy atom. The zero-order valence-electron chi connectivity index (χ0n) is 11.7. The molecule has 2 saturated heterocycles. The van der Waals surface area contributed by atoms with E-state index in [1.165, 1.54) is 0 Å². The van der Waals surface area contributed by atoms with Gasteiger partial charge in [0.25, 0.3) is 0 Å². The molecule has 3 atom stereocenters. The number of hydrogen-bond acceptors (Lipinski definition) is 3. The number of benzene rings is 1. The van der Waals surface area contributed by atoms with E-state index in [4.69, 9.17) is 0 Å². The molecule has 2 fully saturated rings. The molecule has 0 aromatic heterocycles. The summed E-state index contributed by atoms with van der Waals surface area (Å²) < 4.78 is 0. The third-order valence-corrected chi connectivity index (χ3v) is 4.41. The van der Waals surface area contributed by atoms with Crippen LogP contribution in [0.25, 0.3) is 0 Å². The summed E-state index contributed by atoms with van der Waals surface area (Å²) in [5.41, 5.74) is 1.13. The molecule has 2 aliphatic heterocycles. The minimum absolute atomic E-state index is 0.0108. The molecule has 0 N–H and O–H groups in total. The summed E-state index contributed by atoms with van der Waals surface area (Å²) in [5.74, 6) is 0.0373. The molecular formula is C16H20N2O2. The minimum atomic E-state index is -0.124. The van der Waals surface area contributed by atoms with Crippen LogP contribution in [0.3, 0.4) is 0 Å². The SMILES string of the molecule is CCC[C@H]1[C@H](C=O)[C@H](c2ccccc2)N2CCC(=O)N12. The Kier molecular flexibility index (Phi) is 3.57. The summed E-state index contributed by atoms with van der Waals surface area (Å²) in [7, 11) is 0. The number of carbonyl (C=O) groups is 2. The smallest absolute Gasteiger partial charge is 0.238 e. The molecule has 2 aliphatic rings. The Balaban J connectivity index is 2.00. The second kappa shape index (κ2) is 5.37. The van der Waals surface area contributed by atoms with Gasteiger partial charge in [-0.1, -0.05) is 43.7 Å². The molecule has 106 valence electrons. The van der Waals surface area contributed by atoms with E-state index in [1.54, 1.807) is 0 Å². The fourth-order valence-electron chi connectivity index (χ4n) is 3.62. The van der Waals surface area contributed by atoms with Crippen LogP contribution in [0.2, 0.25) is 0 Å². The average molecular weight is 272 g/mol. The van der Waals surface area contributed by atoms with Crippen molar-refractivity contribution in [3.05, 3.63) is 35.9 Å². The van der Waals surface area contributed by atoms with E-state index < -0.39 is 0 Å². The predicted octanol–water partition coefficient (Wildman–Crippen LogP) is 2.17. The first-order valence-electron chi connectivity index (χ1n) is 7.36. The lowest BCUT2D eigenvalue weighted by Crippen LogP contribution is -2.39. The van der Waals surface area contributed by atoms with Crippen LogP contribution in [-0.4, -0.2) is 34.8 Å². The second-order valence-electron chi connectivity index (χ2n) is 5.58. The summed E-state index contributed by atoms with van der Waals surface area (Å²) in [4.78, 5) is 23.8. The van der Waals surface area contributed by atoms with Crippen LogP contribution in [0.1, 0.15) is 37.8 Å². The maximum absolute atomic E-state index is 12.1. The summed E-state index contributed by atoms with van der Waals surface area (Å²) in [6, 6.07) is 10.1. The van der Waals surface area contributed by atoms with E-state index in [2.05, 4.69) is 24.1 Å². The molecule has 0 spiro atoms. The molecule has 1 aromatic carbocycles. The van der Waals surface area contributed by atoms with Gasteiger partial charge in [-0.25, -0.2) is 5.01 Å². The number of amides is 1. The Morgan fingerprint density at radius 2 is 2.05 bits per heavy atom. The summed E-state index contributed by atoms with van der Waals surface area (Å²) >= 11 is 0. The number of aldehydes is 1. The van der Waals surface area contributed by atoms with Gasteiger partial charge in [-0.05, 0) is 12.0 Å². The highest BCUT2D eigenvalue weighted by Crippen LogP contribution is 2.44. The number of rotatable bonds is 4. The molecule has 1 aromatic rings.